The minimum absolute atomic E-state index is 0.00628. The van der Waals surface area contributed by atoms with Crippen LogP contribution in [0.25, 0.3) is 10.2 Å². The van der Waals surface area contributed by atoms with Gasteiger partial charge in [0.25, 0.3) is 0 Å². The normalized spacial score (nSPS) is 14.8. The molecule has 1 aliphatic carbocycles. The van der Waals surface area contributed by atoms with E-state index >= 15 is 0 Å². The molecule has 5 rings (SSSR count). The summed E-state index contributed by atoms with van der Waals surface area (Å²) < 4.78 is 0.951. The van der Waals surface area contributed by atoms with Gasteiger partial charge in [-0.1, -0.05) is 30.2 Å². The summed E-state index contributed by atoms with van der Waals surface area (Å²) >= 11 is 9.07. The molecule has 0 radical (unpaired) electrons. The van der Waals surface area contributed by atoms with Crippen LogP contribution in [0.1, 0.15) is 45.9 Å². The molecular formula is C24H20ClN3O2S2. The molecule has 1 fully saturated rings. The van der Waals surface area contributed by atoms with Crippen LogP contribution in [-0.4, -0.2) is 21.7 Å². The van der Waals surface area contributed by atoms with E-state index in [2.05, 4.69) is 15.3 Å². The van der Waals surface area contributed by atoms with Crippen molar-refractivity contribution in [3.8, 4) is 0 Å². The van der Waals surface area contributed by atoms with Crippen LogP contribution in [0.3, 0.4) is 0 Å². The van der Waals surface area contributed by atoms with Crippen LogP contribution in [0.15, 0.2) is 47.3 Å². The van der Waals surface area contributed by atoms with Crippen molar-refractivity contribution in [1.82, 2.24) is 9.97 Å². The first kappa shape index (κ1) is 21.2. The molecule has 2 aromatic carbocycles. The number of ketones is 1. The summed E-state index contributed by atoms with van der Waals surface area (Å²) in [5, 5.41) is 6.27. The highest BCUT2D eigenvalue weighted by molar-refractivity contribution is 7.18. The molecule has 0 saturated heterocycles. The van der Waals surface area contributed by atoms with Gasteiger partial charge < -0.3 is 5.32 Å². The number of rotatable bonds is 6. The number of nitrogens with zero attached hydrogens (tertiary/aromatic N) is 2. The second-order valence-corrected chi connectivity index (χ2v) is 10.4. The van der Waals surface area contributed by atoms with E-state index < -0.39 is 5.41 Å². The number of hydrogen-bond donors (Lipinski definition) is 1. The maximum absolute atomic E-state index is 13.3. The zero-order valence-electron chi connectivity index (χ0n) is 17.4. The number of amides is 1. The summed E-state index contributed by atoms with van der Waals surface area (Å²) in [7, 11) is 0. The maximum atomic E-state index is 13.3. The maximum Gasteiger partial charge on any atom is 0.235 e. The molecule has 1 N–H and O–H groups in total. The Bertz CT molecular complexity index is 1330. The number of halogens is 1. The van der Waals surface area contributed by atoms with Crippen LogP contribution < -0.4 is 5.32 Å². The first-order valence-electron chi connectivity index (χ1n) is 10.3. The van der Waals surface area contributed by atoms with Crippen LogP contribution in [-0.2, 0) is 16.6 Å². The van der Waals surface area contributed by atoms with E-state index in [1.807, 2.05) is 43.3 Å². The number of carbonyl (C=O) groups is 2. The van der Waals surface area contributed by atoms with E-state index in [1.54, 1.807) is 10.9 Å². The SMILES string of the molecule is Cc1cc(NC(=O)C2(c3cccc(Cl)c3)CCC2)cc2sc(CC(=O)c3cscn3)nc12. The second kappa shape index (κ2) is 8.39. The van der Waals surface area contributed by atoms with Gasteiger partial charge in [-0.2, -0.15) is 0 Å². The molecule has 1 saturated carbocycles. The monoisotopic (exact) mass is 481 g/mol. The van der Waals surface area contributed by atoms with Gasteiger partial charge in [-0.05, 0) is 55.2 Å². The first-order chi connectivity index (χ1) is 15.4. The Labute approximate surface area is 198 Å². The molecule has 5 nitrogen and oxygen atoms in total. The quantitative estimate of drug-likeness (QED) is 0.333. The number of fused-ring (bicyclic) bond motifs is 1. The Balaban J connectivity index is 1.40. The number of anilines is 1. The first-order valence-corrected chi connectivity index (χ1v) is 12.5. The van der Waals surface area contributed by atoms with Gasteiger partial charge in [-0.15, -0.1) is 22.7 Å². The fourth-order valence-electron chi connectivity index (χ4n) is 4.18. The predicted octanol–water partition coefficient (Wildman–Crippen LogP) is 6.20. The topological polar surface area (TPSA) is 72.0 Å². The van der Waals surface area contributed by atoms with Crippen LogP contribution in [0.4, 0.5) is 5.69 Å². The molecule has 1 aliphatic rings. The van der Waals surface area contributed by atoms with Gasteiger partial charge in [0.2, 0.25) is 5.91 Å². The molecule has 0 unspecified atom stereocenters. The smallest absolute Gasteiger partial charge is 0.235 e. The zero-order valence-corrected chi connectivity index (χ0v) is 19.7. The molecule has 4 aromatic rings. The Morgan fingerprint density at radius 3 is 2.75 bits per heavy atom. The molecule has 1 amide bonds. The molecule has 0 bridgehead atoms. The third kappa shape index (κ3) is 3.85. The second-order valence-electron chi connectivity index (χ2n) is 8.12. The van der Waals surface area contributed by atoms with Crippen molar-refractivity contribution in [3.05, 3.63) is 74.1 Å². The average molecular weight is 482 g/mol. The van der Waals surface area contributed by atoms with Gasteiger partial charge in [-0.3, -0.25) is 9.59 Å². The van der Waals surface area contributed by atoms with Crippen LogP contribution in [0.2, 0.25) is 5.02 Å². The van der Waals surface area contributed by atoms with Gasteiger partial charge in [0.1, 0.15) is 10.7 Å². The number of nitrogens with one attached hydrogen (secondary N) is 1. The fourth-order valence-corrected chi connectivity index (χ4v) is 6.01. The van der Waals surface area contributed by atoms with Gasteiger partial charge in [-0.25, -0.2) is 9.97 Å². The number of aromatic nitrogens is 2. The molecular weight excluding hydrogens is 462 g/mol. The third-order valence-electron chi connectivity index (χ3n) is 6.04. The van der Waals surface area contributed by atoms with Crippen LogP contribution >= 0.6 is 34.3 Å². The number of thiazole rings is 2. The standard InChI is InChI=1S/C24H20ClN3O2S2/c1-14-8-17(27-23(30)24(6-3-7-24)15-4-2-5-16(25)9-15)10-20-22(14)28-21(32-20)11-19(29)18-12-31-13-26-18/h2,4-5,8-10,12-13H,3,6-7,11H2,1H3,(H,27,30). The third-order valence-corrected chi connectivity index (χ3v) is 7.86. The summed E-state index contributed by atoms with van der Waals surface area (Å²) in [5.41, 5.74) is 5.14. The van der Waals surface area contributed by atoms with E-state index in [-0.39, 0.29) is 18.1 Å². The van der Waals surface area contributed by atoms with Crippen LogP contribution in [0.5, 0.6) is 0 Å². The highest BCUT2D eigenvalue weighted by Crippen LogP contribution is 2.45. The lowest BCUT2D eigenvalue weighted by Gasteiger charge is -2.40. The predicted molar refractivity (Wildman–Crippen MR) is 130 cm³/mol. The van der Waals surface area contributed by atoms with Crippen molar-refractivity contribution < 1.29 is 9.59 Å². The van der Waals surface area contributed by atoms with E-state index in [0.717, 1.165) is 51.3 Å². The molecule has 2 heterocycles. The lowest BCUT2D eigenvalue weighted by Crippen LogP contribution is -2.46. The molecule has 0 spiro atoms. The van der Waals surface area contributed by atoms with Gasteiger partial charge in [0, 0.05) is 16.1 Å². The van der Waals surface area contributed by atoms with Gasteiger partial charge in [0.05, 0.1) is 27.6 Å². The molecule has 162 valence electrons. The summed E-state index contributed by atoms with van der Waals surface area (Å²) in [6, 6.07) is 11.5. The number of Topliss-reactive ketones (excluding diaryl/α,β-unsaturated/α-hetero) is 1. The van der Waals surface area contributed by atoms with E-state index in [1.165, 1.54) is 22.7 Å². The number of carbonyl (C=O) groups excluding carboxylic acids is 2. The largest absolute Gasteiger partial charge is 0.325 e. The van der Waals surface area contributed by atoms with E-state index in [9.17, 15) is 9.59 Å². The van der Waals surface area contributed by atoms with Gasteiger partial charge in [0.15, 0.2) is 5.78 Å². The Morgan fingerprint density at radius 1 is 1.22 bits per heavy atom. The summed E-state index contributed by atoms with van der Waals surface area (Å²) in [6.45, 7) is 1.97. The number of hydrogen-bond acceptors (Lipinski definition) is 6. The molecule has 0 aliphatic heterocycles. The Hall–Kier alpha value is -2.61. The minimum atomic E-state index is -0.535. The molecule has 0 atom stereocenters. The Morgan fingerprint density at radius 2 is 2.06 bits per heavy atom. The molecule has 8 heteroatoms. The van der Waals surface area contributed by atoms with Crippen molar-refractivity contribution in [2.45, 2.75) is 38.0 Å². The van der Waals surface area contributed by atoms with E-state index in [0.29, 0.717) is 10.7 Å². The van der Waals surface area contributed by atoms with Crippen LogP contribution in [0, 0.1) is 6.92 Å². The highest BCUT2D eigenvalue weighted by atomic mass is 35.5. The average Bonchev–Trinajstić information content (AvgIpc) is 3.37. The number of aryl methyl sites for hydroxylation is 1. The van der Waals surface area contributed by atoms with Crippen molar-refractivity contribution in [2.75, 3.05) is 5.32 Å². The lowest BCUT2D eigenvalue weighted by molar-refractivity contribution is -0.124. The fraction of sp³-hybridized carbons (Fsp3) is 0.250. The van der Waals surface area contributed by atoms with Crippen molar-refractivity contribution in [3.63, 3.8) is 0 Å². The van der Waals surface area contributed by atoms with Crippen molar-refractivity contribution >= 4 is 61.9 Å². The summed E-state index contributed by atoms with van der Waals surface area (Å²) in [5.74, 6) is -0.0434. The number of benzene rings is 2. The van der Waals surface area contributed by atoms with Gasteiger partial charge >= 0.3 is 0 Å². The molecule has 32 heavy (non-hydrogen) atoms. The Kier molecular flexibility index (Phi) is 5.57. The lowest BCUT2D eigenvalue weighted by atomic mass is 9.64. The summed E-state index contributed by atoms with van der Waals surface area (Å²) in [4.78, 5) is 34.5. The van der Waals surface area contributed by atoms with Crippen molar-refractivity contribution in [2.24, 2.45) is 0 Å². The zero-order chi connectivity index (χ0) is 22.3. The minimum Gasteiger partial charge on any atom is -0.325 e. The summed E-state index contributed by atoms with van der Waals surface area (Å²) in [6.07, 6.45) is 2.86. The highest BCUT2D eigenvalue weighted by Gasteiger charge is 2.45. The van der Waals surface area contributed by atoms with Crippen molar-refractivity contribution in [1.29, 1.82) is 0 Å². The molecule has 2 aromatic heterocycles. The van der Waals surface area contributed by atoms with E-state index in [4.69, 9.17) is 11.6 Å².